The molecule has 1 atom stereocenters. The van der Waals surface area contributed by atoms with Crippen LogP contribution in [0.25, 0.3) is 22.3 Å². The lowest BCUT2D eigenvalue weighted by atomic mass is 10.1. The molecule has 1 N–H and O–H groups in total. The third-order valence-electron chi connectivity index (χ3n) is 5.23. The predicted octanol–water partition coefficient (Wildman–Crippen LogP) is 2.43. The molecule has 1 fully saturated rings. The zero-order valence-corrected chi connectivity index (χ0v) is 17.0. The Morgan fingerprint density at radius 1 is 1.25 bits per heavy atom. The van der Waals surface area contributed by atoms with Crippen LogP contribution in [0.2, 0.25) is 0 Å². The first-order valence-corrected chi connectivity index (χ1v) is 10.5. The second kappa shape index (κ2) is 7.35. The average molecular weight is 397 g/mol. The van der Waals surface area contributed by atoms with Gasteiger partial charge in [-0.05, 0) is 20.2 Å². The number of anilines is 1. The highest BCUT2D eigenvalue weighted by Gasteiger charge is 2.31. The first-order chi connectivity index (χ1) is 13.7. The van der Waals surface area contributed by atoms with Gasteiger partial charge in [0.1, 0.15) is 5.82 Å². The SMILES string of the molecule is CN(C)CC1Cc2nc(-c3cccc4[nH]ncc34)nc(N3CCOCC3)c2S1. The maximum absolute atomic E-state index is 5.57. The molecule has 0 bridgehead atoms. The van der Waals surface area contributed by atoms with Gasteiger partial charge in [0, 0.05) is 42.3 Å². The summed E-state index contributed by atoms with van der Waals surface area (Å²) in [5.74, 6) is 1.85. The van der Waals surface area contributed by atoms with Gasteiger partial charge >= 0.3 is 0 Å². The van der Waals surface area contributed by atoms with E-state index in [2.05, 4.69) is 40.2 Å². The molecule has 2 aliphatic rings. The van der Waals surface area contributed by atoms with Crippen molar-refractivity contribution in [2.24, 2.45) is 0 Å². The van der Waals surface area contributed by atoms with Crippen molar-refractivity contribution in [1.29, 1.82) is 0 Å². The van der Waals surface area contributed by atoms with E-state index in [1.807, 2.05) is 30.1 Å². The van der Waals surface area contributed by atoms with E-state index >= 15 is 0 Å². The summed E-state index contributed by atoms with van der Waals surface area (Å²) in [6.07, 6.45) is 2.84. The Hall–Kier alpha value is -2.16. The van der Waals surface area contributed by atoms with Crippen LogP contribution < -0.4 is 4.90 Å². The molecule has 2 aromatic heterocycles. The lowest BCUT2D eigenvalue weighted by molar-refractivity contribution is 0.122. The molecule has 7 nitrogen and oxygen atoms in total. The van der Waals surface area contributed by atoms with Crippen molar-refractivity contribution >= 4 is 28.5 Å². The summed E-state index contributed by atoms with van der Waals surface area (Å²) in [7, 11) is 4.26. The molecule has 0 amide bonds. The molecular formula is C20H24N6OS. The van der Waals surface area contributed by atoms with Crippen LogP contribution in [-0.4, -0.2) is 77.3 Å². The Morgan fingerprint density at radius 2 is 2.11 bits per heavy atom. The molecule has 0 spiro atoms. The number of hydrogen-bond acceptors (Lipinski definition) is 7. The molecule has 1 saturated heterocycles. The summed E-state index contributed by atoms with van der Waals surface area (Å²) < 4.78 is 5.57. The maximum Gasteiger partial charge on any atom is 0.162 e. The molecule has 0 aliphatic carbocycles. The smallest absolute Gasteiger partial charge is 0.162 e. The molecule has 1 unspecified atom stereocenters. The van der Waals surface area contributed by atoms with Crippen LogP contribution in [0.3, 0.4) is 0 Å². The summed E-state index contributed by atoms with van der Waals surface area (Å²) >= 11 is 1.93. The molecule has 0 radical (unpaired) electrons. The third-order valence-corrected chi connectivity index (χ3v) is 6.53. The van der Waals surface area contributed by atoms with E-state index in [4.69, 9.17) is 14.7 Å². The fraction of sp³-hybridized carbons (Fsp3) is 0.450. The van der Waals surface area contributed by atoms with Crippen molar-refractivity contribution in [3.8, 4) is 11.4 Å². The fourth-order valence-electron chi connectivity index (χ4n) is 3.95. The predicted molar refractivity (Wildman–Crippen MR) is 112 cm³/mol. The number of aromatic nitrogens is 4. The van der Waals surface area contributed by atoms with Crippen molar-refractivity contribution in [2.45, 2.75) is 16.6 Å². The second-order valence-electron chi connectivity index (χ2n) is 7.59. The van der Waals surface area contributed by atoms with Crippen LogP contribution in [0.15, 0.2) is 29.3 Å². The van der Waals surface area contributed by atoms with E-state index < -0.39 is 0 Å². The Balaban J connectivity index is 1.61. The minimum absolute atomic E-state index is 0.513. The van der Waals surface area contributed by atoms with Gasteiger partial charge in [0.05, 0.1) is 35.5 Å². The van der Waals surface area contributed by atoms with E-state index in [1.165, 1.54) is 10.6 Å². The molecule has 4 heterocycles. The Kier molecular flexibility index (Phi) is 4.70. The van der Waals surface area contributed by atoms with E-state index in [9.17, 15) is 0 Å². The number of morpholine rings is 1. The summed E-state index contributed by atoms with van der Waals surface area (Å²) in [5.41, 5.74) is 3.21. The Labute approximate surface area is 168 Å². The van der Waals surface area contributed by atoms with Gasteiger partial charge in [-0.3, -0.25) is 5.10 Å². The van der Waals surface area contributed by atoms with Crippen molar-refractivity contribution in [3.63, 3.8) is 0 Å². The molecule has 5 rings (SSSR count). The van der Waals surface area contributed by atoms with Crippen LogP contribution in [0, 0.1) is 0 Å². The fourth-order valence-corrected chi connectivity index (χ4v) is 5.44. The van der Waals surface area contributed by atoms with Gasteiger partial charge in [0.25, 0.3) is 0 Å². The van der Waals surface area contributed by atoms with Crippen LogP contribution in [0.4, 0.5) is 5.82 Å². The highest BCUT2D eigenvalue weighted by Crippen LogP contribution is 2.43. The van der Waals surface area contributed by atoms with E-state index in [1.54, 1.807) is 0 Å². The number of benzene rings is 1. The van der Waals surface area contributed by atoms with Gasteiger partial charge in [-0.1, -0.05) is 12.1 Å². The number of thioether (sulfide) groups is 1. The number of nitrogens with one attached hydrogen (secondary N) is 1. The zero-order valence-electron chi connectivity index (χ0n) is 16.2. The minimum Gasteiger partial charge on any atom is -0.378 e. The van der Waals surface area contributed by atoms with Crippen LogP contribution in [-0.2, 0) is 11.2 Å². The van der Waals surface area contributed by atoms with Crippen LogP contribution in [0.5, 0.6) is 0 Å². The maximum atomic E-state index is 5.57. The monoisotopic (exact) mass is 396 g/mol. The normalized spacial score (nSPS) is 19.5. The number of rotatable bonds is 4. The molecule has 2 aliphatic heterocycles. The summed E-state index contributed by atoms with van der Waals surface area (Å²) in [4.78, 5) is 15.9. The highest BCUT2D eigenvalue weighted by molar-refractivity contribution is 8.00. The van der Waals surface area contributed by atoms with Gasteiger partial charge in [0.2, 0.25) is 0 Å². The Morgan fingerprint density at radius 3 is 2.93 bits per heavy atom. The third kappa shape index (κ3) is 3.25. The van der Waals surface area contributed by atoms with Crippen molar-refractivity contribution in [3.05, 3.63) is 30.1 Å². The molecule has 1 aromatic carbocycles. The summed E-state index contributed by atoms with van der Waals surface area (Å²) in [5, 5.41) is 8.82. The van der Waals surface area contributed by atoms with Gasteiger partial charge in [-0.25, -0.2) is 9.97 Å². The summed E-state index contributed by atoms with van der Waals surface area (Å²) in [6, 6.07) is 6.15. The summed E-state index contributed by atoms with van der Waals surface area (Å²) in [6.45, 7) is 4.28. The van der Waals surface area contributed by atoms with Crippen LogP contribution in [0.1, 0.15) is 5.69 Å². The number of fused-ring (bicyclic) bond motifs is 2. The van der Waals surface area contributed by atoms with Gasteiger partial charge in [-0.2, -0.15) is 5.10 Å². The number of hydrogen-bond donors (Lipinski definition) is 1. The van der Waals surface area contributed by atoms with Crippen LogP contribution >= 0.6 is 11.8 Å². The first-order valence-electron chi connectivity index (χ1n) is 9.66. The standard InChI is InChI=1S/C20H24N6OS/c1-25(2)12-13-10-17-18(28-13)20(26-6-8-27-9-7-26)23-19(22-17)14-4-3-5-16-15(14)11-21-24-16/h3-5,11,13H,6-10,12H2,1-2H3,(H,21,24). The van der Waals surface area contributed by atoms with E-state index in [0.717, 1.165) is 67.4 Å². The van der Waals surface area contributed by atoms with Gasteiger partial charge in [-0.15, -0.1) is 11.8 Å². The van der Waals surface area contributed by atoms with Crippen molar-refractivity contribution < 1.29 is 4.74 Å². The number of aromatic amines is 1. The quantitative estimate of drug-likeness (QED) is 0.726. The molecule has 146 valence electrons. The lowest BCUT2D eigenvalue weighted by Crippen LogP contribution is -2.37. The first kappa shape index (κ1) is 17.9. The topological polar surface area (TPSA) is 70.2 Å². The number of ether oxygens (including phenoxy) is 1. The van der Waals surface area contributed by atoms with Gasteiger partial charge in [0.15, 0.2) is 5.82 Å². The Bertz CT molecular complexity index is 998. The van der Waals surface area contributed by atoms with Gasteiger partial charge < -0.3 is 14.5 Å². The van der Waals surface area contributed by atoms with Crippen molar-refractivity contribution in [1.82, 2.24) is 25.1 Å². The zero-order chi connectivity index (χ0) is 19.1. The van der Waals surface area contributed by atoms with E-state index in [0.29, 0.717) is 5.25 Å². The molecule has 3 aromatic rings. The van der Waals surface area contributed by atoms with E-state index in [-0.39, 0.29) is 0 Å². The lowest BCUT2D eigenvalue weighted by Gasteiger charge is -2.29. The number of nitrogens with zero attached hydrogens (tertiary/aromatic N) is 5. The average Bonchev–Trinajstić information content (AvgIpc) is 3.33. The van der Waals surface area contributed by atoms with Crippen molar-refractivity contribution in [2.75, 3.05) is 51.8 Å². The second-order valence-corrected chi connectivity index (χ2v) is 8.90. The number of H-pyrrole nitrogens is 1. The highest BCUT2D eigenvalue weighted by atomic mass is 32.2. The molecule has 8 heteroatoms. The largest absolute Gasteiger partial charge is 0.378 e. The molecule has 28 heavy (non-hydrogen) atoms. The molecular weight excluding hydrogens is 372 g/mol. The minimum atomic E-state index is 0.513. The molecule has 0 saturated carbocycles.